The van der Waals surface area contributed by atoms with Crippen molar-refractivity contribution in [2.75, 3.05) is 7.11 Å². The van der Waals surface area contributed by atoms with Gasteiger partial charge in [0.1, 0.15) is 5.75 Å². The van der Waals surface area contributed by atoms with Gasteiger partial charge >= 0.3 is 0 Å². The van der Waals surface area contributed by atoms with Crippen LogP contribution in [0.1, 0.15) is 90.1 Å². The maximum Gasteiger partial charge on any atom is 0.229 e. The first-order valence-corrected chi connectivity index (χ1v) is 10.6. The zero-order valence-electron chi connectivity index (χ0n) is 20.0. The van der Waals surface area contributed by atoms with E-state index in [2.05, 4.69) is 20.8 Å². The normalized spacial score (nSPS) is 14.7. The maximum absolute atomic E-state index is 13.7. The molecule has 0 saturated carbocycles. The lowest BCUT2D eigenvalue weighted by Gasteiger charge is -2.29. The number of fused-ring (bicyclic) bond motifs is 1. The average Bonchev–Trinajstić information content (AvgIpc) is 2.62. The molecule has 3 rings (SSSR count). The molecule has 0 unspecified atom stereocenters. The van der Waals surface area contributed by atoms with Gasteiger partial charge in [-0.3, -0.25) is 9.59 Å². The summed E-state index contributed by atoms with van der Waals surface area (Å²) in [7, 11) is 1.39. The van der Waals surface area contributed by atoms with E-state index in [4.69, 9.17) is 4.74 Å². The minimum absolute atomic E-state index is 0.0133. The number of ether oxygens (including phenoxy) is 1. The van der Waals surface area contributed by atoms with Gasteiger partial charge in [-0.1, -0.05) is 59.2 Å². The van der Waals surface area contributed by atoms with Crippen LogP contribution < -0.4 is 0 Å². The zero-order chi connectivity index (χ0) is 23.5. The smallest absolute Gasteiger partial charge is 0.229 e. The molecule has 0 spiro atoms. The fourth-order valence-electron chi connectivity index (χ4n) is 4.18. The zero-order valence-corrected chi connectivity index (χ0v) is 20.0. The van der Waals surface area contributed by atoms with Crippen molar-refractivity contribution in [3.05, 3.63) is 69.0 Å². The Morgan fingerprint density at radius 1 is 0.806 bits per heavy atom. The van der Waals surface area contributed by atoms with Crippen molar-refractivity contribution in [3.63, 3.8) is 0 Å². The van der Waals surface area contributed by atoms with Gasteiger partial charge in [0.15, 0.2) is 11.5 Å². The monoisotopic (exact) mass is 420 g/mol. The molecule has 0 bridgehead atoms. The molecular weight excluding hydrogens is 388 g/mol. The summed E-state index contributed by atoms with van der Waals surface area (Å²) in [5, 5.41) is 11.3. The second-order valence-corrected chi connectivity index (χ2v) is 10.5. The van der Waals surface area contributed by atoms with Gasteiger partial charge in [0, 0.05) is 22.3 Å². The van der Waals surface area contributed by atoms with Crippen LogP contribution in [0.25, 0.3) is 5.57 Å². The molecule has 0 fully saturated rings. The van der Waals surface area contributed by atoms with Crippen LogP contribution in [0.4, 0.5) is 0 Å². The number of allylic oxidation sites excluding steroid dienone is 2. The third-order valence-corrected chi connectivity index (χ3v) is 5.87. The molecule has 31 heavy (non-hydrogen) atoms. The summed E-state index contributed by atoms with van der Waals surface area (Å²) in [4.78, 5) is 27.1. The Morgan fingerprint density at radius 2 is 1.42 bits per heavy atom. The first kappa shape index (κ1) is 22.8. The van der Waals surface area contributed by atoms with Crippen LogP contribution in [-0.4, -0.2) is 23.8 Å². The number of hydrogen-bond donors (Lipinski definition) is 1. The van der Waals surface area contributed by atoms with E-state index >= 15 is 0 Å². The lowest BCUT2D eigenvalue weighted by Crippen LogP contribution is -2.25. The Hall–Kier alpha value is -2.88. The second kappa shape index (κ2) is 7.37. The van der Waals surface area contributed by atoms with E-state index in [9.17, 15) is 14.7 Å². The number of phenolic OH excluding ortho intramolecular Hbond substituents is 1. The van der Waals surface area contributed by atoms with Crippen LogP contribution in [0.5, 0.6) is 5.75 Å². The maximum atomic E-state index is 13.7. The summed E-state index contributed by atoms with van der Waals surface area (Å²) >= 11 is 0. The molecule has 4 nitrogen and oxygen atoms in total. The van der Waals surface area contributed by atoms with E-state index < -0.39 is 0 Å². The van der Waals surface area contributed by atoms with Gasteiger partial charge in [-0.15, -0.1) is 0 Å². The highest BCUT2D eigenvalue weighted by atomic mass is 16.5. The largest absolute Gasteiger partial charge is 0.507 e. The predicted octanol–water partition coefficient (Wildman–Crippen LogP) is 6.04. The topological polar surface area (TPSA) is 63.6 Å². The Morgan fingerprint density at radius 3 is 1.94 bits per heavy atom. The molecule has 0 aliphatic heterocycles. The molecule has 2 aromatic carbocycles. The van der Waals surface area contributed by atoms with Gasteiger partial charge < -0.3 is 9.84 Å². The lowest BCUT2D eigenvalue weighted by molar-refractivity contribution is 0.0924. The van der Waals surface area contributed by atoms with Gasteiger partial charge in [0.25, 0.3) is 0 Å². The number of Topliss-reactive ketones (excluding diaryl/α,β-unsaturated/α-hetero) is 2. The standard InChI is InChI=1S/C27H32O4/c1-14-10-15(2)20-17(11-14)23(29)25(31-9)21(24(20)30)18-12-16(26(3,4)5)13-19(22(18)28)27(6,7)8/h10-13,28H,1-9H3. The molecular formula is C27H32O4. The van der Waals surface area contributed by atoms with Crippen LogP contribution in [0.3, 0.4) is 0 Å². The Balaban J connectivity index is 2.43. The van der Waals surface area contributed by atoms with E-state index in [0.717, 1.165) is 22.3 Å². The molecule has 1 N–H and O–H groups in total. The number of methoxy groups -OCH3 is 1. The summed E-state index contributed by atoms with van der Waals surface area (Å²) in [5.74, 6) is -0.648. The second-order valence-electron chi connectivity index (χ2n) is 10.5. The summed E-state index contributed by atoms with van der Waals surface area (Å²) in [6.07, 6.45) is 0. The number of carbonyl (C=O) groups is 2. The third-order valence-electron chi connectivity index (χ3n) is 5.87. The van der Waals surface area contributed by atoms with Gasteiger partial charge in [-0.25, -0.2) is 0 Å². The van der Waals surface area contributed by atoms with Crippen molar-refractivity contribution < 1.29 is 19.4 Å². The summed E-state index contributed by atoms with van der Waals surface area (Å²) in [6.45, 7) is 16.0. The molecule has 4 heteroatoms. The Kier molecular flexibility index (Phi) is 5.42. The minimum Gasteiger partial charge on any atom is -0.507 e. The number of ketones is 2. The Bertz CT molecular complexity index is 1140. The van der Waals surface area contributed by atoms with E-state index in [1.807, 2.05) is 52.8 Å². The van der Waals surface area contributed by atoms with Crippen LogP contribution in [-0.2, 0) is 15.6 Å². The van der Waals surface area contributed by atoms with Crippen LogP contribution in [0.2, 0.25) is 0 Å². The van der Waals surface area contributed by atoms with Crippen molar-refractivity contribution in [2.45, 2.75) is 66.2 Å². The van der Waals surface area contributed by atoms with Crippen LogP contribution >= 0.6 is 0 Å². The van der Waals surface area contributed by atoms with Gasteiger partial charge in [0.05, 0.1) is 12.7 Å². The molecule has 0 radical (unpaired) electrons. The fraction of sp³-hybridized carbons (Fsp3) is 0.407. The predicted molar refractivity (Wildman–Crippen MR) is 124 cm³/mol. The van der Waals surface area contributed by atoms with E-state index in [1.54, 1.807) is 6.07 Å². The molecule has 1 aliphatic rings. The average molecular weight is 421 g/mol. The molecule has 0 heterocycles. The molecule has 0 saturated heterocycles. The quantitative estimate of drug-likeness (QED) is 0.643. The Labute approximate surface area is 184 Å². The molecule has 0 atom stereocenters. The van der Waals surface area contributed by atoms with Crippen molar-refractivity contribution in [1.29, 1.82) is 0 Å². The van der Waals surface area contributed by atoms with Crippen molar-refractivity contribution in [1.82, 2.24) is 0 Å². The molecule has 1 aliphatic carbocycles. The molecule has 164 valence electrons. The van der Waals surface area contributed by atoms with E-state index in [0.29, 0.717) is 16.7 Å². The number of aromatic hydroxyl groups is 1. The van der Waals surface area contributed by atoms with Gasteiger partial charge in [-0.2, -0.15) is 0 Å². The van der Waals surface area contributed by atoms with E-state index in [-0.39, 0.29) is 39.5 Å². The highest BCUT2D eigenvalue weighted by molar-refractivity contribution is 6.40. The lowest BCUT2D eigenvalue weighted by atomic mass is 9.75. The first-order valence-electron chi connectivity index (χ1n) is 10.6. The highest BCUT2D eigenvalue weighted by Crippen LogP contribution is 2.44. The third kappa shape index (κ3) is 3.80. The highest BCUT2D eigenvalue weighted by Gasteiger charge is 2.38. The number of benzene rings is 2. The molecule has 0 aromatic heterocycles. The number of aryl methyl sites for hydroxylation is 2. The van der Waals surface area contributed by atoms with Crippen molar-refractivity contribution >= 4 is 17.1 Å². The number of carbonyl (C=O) groups excluding carboxylic acids is 2. The SMILES string of the molecule is COC1=C(c2cc(C(C)(C)C)cc(C(C)(C)C)c2O)C(=O)c2c(C)cc(C)cc2C1=O. The number of rotatable bonds is 2. The minimum atomic E-state index is -0.361. The summed E-state index contributed by atoms with van der Waals surface area (Å²) < 4.78 is 5.48. The first-order chi connectivity index (χ1) is 14.2. The van der Waals surface area contributed by atoms with Crippen molar-refractivity contribution in [3.8, 4) is 5.75 Å². The van der Waals surface area contributed by atoms with Crippen LogP contribution in [0.15, 0.2) is 30.0 Å². The molecule has 2 aromatic rings. The van der Waals surface area contributed by atoms with E-state index in [1.165, 1.54) is 7.11 Å². The summed E-state index contributed by atoms with van der Waals surface area (Å²) in [6, 6.07) is 7.43. The fourth-order valence-corrected chi connectivity index (χ4v) is 4.18. The van der Waals surface area contributed by atoms with Crippen molar-refractivity contribution in [2.24, 2.45) is 0 Å². The summed E-state index contributed by atoms with van der Waals surface area (Å²) in [5.41, 5.74) is 3.97. The number of hydrogen-bond acceptors (Lipinski definition) is 4. The number of phenols is 1. The van der Waals surface area contributed by atoms with Gasteiger partial charge in [0.2, 0.25) is 5.78 Å². The van der Waals surface area contributed by atoms with Gasteiger partial charge in [-0.05, 0) is 47.9 Å². The molecule has 0 amide bonds. The van der Waals surface area contributed by atoms with Crippen LogP contribution in [0, 0.1) is 13.8 Å².